The van der Waals surface area contributed by atoms with E-state index in [4.69, 9.17) is 18.9 Å². The van der Waals surface area contributed by atoms with Gasteiger partial charge in [-0.05, 0) is 26.0 Å². The van der Waals surface area contributed by atoms with Gasteiger partial charge in [0.25, 0.3) is 23.6 Å². The fraction of sp³-hybridized carbons (Fsp3) is 0.350. The molecule has 2 saturated heterocycles. The molecular weight excluding hydrogens is 800 g/mol. The molecular formula is C40H38F4N6O10. The van der Waals surface area contributed by atoms with Crippen molar-refractivity contribution in [3.05, 3.63) is 126 Å². The quantitative estimate of drug-likeness (QED) is 0.251. The molecule has 4 aromatic rings. The van der Waals surface area contributed by atoms with Gasteiger partial charge >= 0.3 is 0 Å². The molecule has 6 heterocycles. The molecule has 20 heteroatoms. The molecule has 0 bridgehead atoms. The van der Waals surface area contributed by atoms with E-state index in [-0.39, 0.29) is 83.4 Å². The Kier molecular flexibility index (Phi) is 11.5. The van der Waals surface area contributed by atoms with Gasteiger partial charge in [0.2, 0.25) is 10.9 Å². The van der Waals surface area contributed by atoms with Gasteiger partial charge < -0.3 is 48.5 Å². The predicted octanol–water partition coefficient (Wildman–Crippen LogP) is 2.53. The van der Waals surface area contributed by atoms with Crippen LogP contribution in [0.2, 0.25) is 0 Å². The third kappa shape index (κ3) is 7.58. The summed E-state index contributed by atoms with van der Waals surface area (Å²) in [5, 5.41) is 4.88. The zero-order chi connectivity index (χ0) is 43.2. The lowest BCUT2D eigenvalue weighted by molar-refractivity contribution is 0.00556. The number of halogens is 4. The van der Waals surface area contributed by atoms with Gasteiger partial charge in [0.05, 0.1) is 52.6 Å². The summed E-state index contributed by atoms with van der Waals surface area (Å²) in [6.07, 6.45) is 1.55. The van der Waals surface area contributed by atoms with E-state index in [0.29, 0.717) is 25.3 Å². The largest absolute Gasteiger partial charge is 0.491 e. The third-order valence-corrected chi connectivity index (χ3v) is 10.5. The van der Waals surface area contributed by atoms with Crippen LogP contribution >= 0.6 is 0 Å². The lowest BCUT2D eigenvalue weighted by atomic mass is 10.1. The van der Waals surface area contributed by atoms with Crippen LogP contribution in [-0.4, -0.2) is 94.5 Å². The topological polar surface area (TPSA) is 180 Å². The third-order valence-electron chi connectivity index (χ3n) is 10.5. The van der Waals surface area contributed by atoms with Crippen LogP contribution in [0.5, 0.6) is 11.5 Å². The molecule has 16 nitrogen and oxygen atoms in total. The molecule has 8 rings (SSSR count). The highest BCUT2D eigenvalue weighted by atomic mass is 19.1. The van der Waals surface area contributed by atoms with Gasteiger partial charge in [-0.1, -0.05) is 12.1 Å². The monoisotopic (exact) mass is 838 g/mol. The van der Waals surface area contributed by atoms with E-state index in [1.165, 1.54) is 47.9 Å². The van der Waals surface area contributed by atoms with E-state index in [9.17, 15) is 46.3 Å². The van der Waals surface area contributed by atoms with Crippen LogP contribution in [0.4, 0.5) is 17.6 Å². The van der Waals surface area contributed by atoms with Gasteiger partial charge in [0.15, 0.2) is 35.3 Å². The number of ether oxygens (including phenoxy) is 4. The molecule has 4 aliphatic rings. The van der Waals surface area contributed by atoms with Gasteiger partial charge in [-0.25, -0.2) is 17.6 Å². The maximum Gasteiger partial charge on any atom is 0.276 e. The SMILES string of the molecule is COc1c2n(cc(C(=O)NCc3ccc(F)cc3F)c1=O)C[C@@H]1OC[C@@H](C)N1C2=O.COc1c2n(cc(C(=O)NCc3ccc(F)cc3F)c1=O)C[C@H]1OC[C@H](C)N1C2=O. The van der Waals surface area contributed by atoms with Crippen LogP contribution in [0.3, 0.4) is 0 Å². The number of aromatic nitrogens is 2. The number of pyridine rings is 2. The molecule has 2 aromatic carbocycles. The van der Waals surface area contributed by atoms with Crippen molar-refractivity contribution in [3.8, 4) is 11.5 Å². The summed E-state index contributed by atoms with van der Waals surface area (Å²) in [7, 11) is 2.49. The van der Waals surface area contributed by atoms with Crippen molar-refractivity contribution >= 4 is 23.6 Å². The summed E-state index contributed by atoms with van der Waals surface area (Å²) in [5.74, 6) is -5.93. The van der Waals surface area contributed by atoms with E-state index < -0.39 is 70.2 Å². The second kappa shape index (κ2) is 16.6. The van der Waals surface area contributed by atoms with Crippen LogP contribution in [0.15, 0.2) is 58.4 Å². The van der Waals surface area contributed by atoms with Gasteiger partial charge in [-0.15, -0.1) is 0 Å². The Morgan fingerprint density at radius 3 is 1.40 bits per heavy atom. The Morgan fingerprint density at radius 2 is 1.05 bits per heavy atom. The molecule has 4 amide bonds. The number of hydrogen-bond acceptors (Lipinski definition) is 10. The predicted molar refractivity (Wildman–Crippen MR) is 200 cm³/mol. The minimum absolute atomic E-state index is 0.0530. The van der Waals surface area contributed by atoms with Crippen LogP contribution in [0.1, 0.15) is 66.7 Å². The molecule has 0 radical (unpaired) electrons. The van der Waals surface area contributed by atoms with E-state index in [2.05, 4.69) is 10.6 Å². The highest BCUT2D eigenvalue weighted by Crippen LogP contribution is 2.31. The van der Waals surface area contributed by atoms with Crippen molar-refractivity contribution in [1.82, 2.24) is 29.6 Å². The van der Waals surface area contributed by atoms with Crippen molar-refractivity contribution in [3.63, 3.8) is 0 Å². The molecule has 0 aliphatic carbocycles. The summed E-state index contributed by atoms with van der Waals surface area (Å²) in [4.78, 5) is 79.9. The molecule has 2 N–H and O–H groups in total. The first-order valence-corrected chi connectivity index (χ1v) is 18.6. The van der Waals surface area contributed by atoms with E-state index in [1.807, 2.05) is 13.8 Å². The van der Waals surface area contributed by atoms with Crippen molar-refractivity contribution in [1.29, 1.82) is 0 Å². The summed E-state index contributed by atoms with van der Waals surface area (Å²) < 4.78 is 78.2. The highest BCUT2D eigenvalue weighted by Gasteiger charge is 2.44. The number of benzene rings is 2. The first-order chi connectivity index (χ1) is 28.6. The Hall–Kier alpha value is -6.54. The Bertz CT molecular complexity index is 2370. The van der Waals surface area contributed by atoms with Gasteiger partial charge in [0.1, 0.15) is 34.4 Å². The summed E-state index contributed by atoms with van der Waals surface area (Å²) in [6.45, 7) is 4.39. The summed E-state index contributed by atoms with van der Waals surface area (Å²) in [5.41, 5.74) is -1.78. The minimum atomic E-state index is -0.812. The molecule has 2 aromatic heterocycles. The van der Waals surface area contributed by atoms with Crippen LogP contribution in [0, 0.1) is 23.3 Å². The van der Waals surface area contributed by atoms with E-state index in [1.54, 1.807) is 9.80 Å². The first-order valence-electron chi connectivity index (χ1n) is 18.6. The molecule has 2 fully saturated rings. The lowest BCUT2D eigenvalue weighted by Gasteiger charge is -2.34. The number of hydrogen-bond donors (Lipinski definition) is 2. The van der Waals surface area contributed by atoms with Crippen molar-refractivity contribution < 1.29 is 55.7 Å². The number of nitrogens with one attached hydrogen (secondary N) is 2. The molecule has 60 heavy (non-hydrogen) atoms. The van der Waals surface area contributed by atoms with E-state index >= 15 is 0 Å². The van der Waals surface area contributed by atoms with Gasteiger partial charge in [-0.2, -0.15) is 0 Å². The molecule has 4 aliphatic heterocycles. The molecule has 316 valence electrons. The zero-order valence-corrected chi connectivity index (χ0v) is 32.6. The fourth-order valence-corrected chi connectivity index (χ4v) is 7.49. The van der Waals surface area contributed by atoms with Crippen LogP contribution < -0.4 is 31.0 Å². The smallest absolute Gasteiger partial charge is 0.276 e. The average Bonchev–Trinajstić information content (AvgIpc) is 3.78. The number of methoxy groups -OCH3 is 2. The number of nitrogens with zero attached hydrogens (tertiary/aromatic N) is 4. The number of fused-ring (bicyclic) bond motifs is 4. The maximum absolute atomic E-state index is 13.8. The summed E-state index contributed by atoms with van der Waals surface area (Å²) >= 11 is 0. The Balaban J connectivity index is 0.000000181. The standard InChI is InChI=1S/2C20H19F2N3O5/c2*1-10-9-30-15-8-24-7-13(17(26)18(29-2)16(24)20(28)25(10)15)19(27)23-6-11-3-4-12(21)5-14(11)22/h2*3-5,7,10,15H,6,8-9H2,1-2H3,(H,23,27)/t2*10-,15+/m10/s1. The van der Waals surface area contributed by atoms with Crippen molar-refractivity contribution in [2.24, 2.45) is 0 Å². The van der Waals surface area contributed by atoms with Gasteiger partial charge in [-0.3, -0.25) is 28.8 Å². The Morgan fingerprint density at radius 1 is 0.667 bits per heavy atom. The second-order valence-electron chi connectivity index (χ2n) is 14.3. The highest BCUT2D eigenvalue weighted by molar-refractivity contribution is 6.00. The molecule has 0 saturated carbocycles. The number of carbonyl (C=O) groups is 4. The minimum Gasteiger partial charge on any atom is -0.491 e. The molecule has 0 spiro atoms. The maximum atomic E-state index is 13.8. The zero-order valence-electron chi connectivity index (χ0n) is 32.6. The van der Waals surface area contributed by atoms with Crippen LogP contribution in [-0.2, 0) is 35.7 Å². The van der Waals surface area contributed by atoms with Crippen molar-refractivity contribution in [2.45, 2.75) is 64.6 Å². The second-order valence-corrected chi connectivity index (χ2v) is 14.3. The van der Waals surface area contributed by atoms with E-state index in [0.717, 1.165) is 12.1 Å². The van der Waals surface area contributed by atoms with Crippen LogP contribution in [0.25, 0.3) is 0 Å². The fourth-order valence-electron chi connectivity index (χ4n) is 7.49. The molecule has 4 atom stereocenters. The normalized spacial score (nSPS) is 20.0. The number of rotatable bonds is 8. The Labute approximate surface area is 338 Å². The van der Waals surface area contributed by atoms with Crippen molar-refractivity contribution in [2.75, 3.05) is 27.4 Å². The first kappa shape index (κ1) is 41.6. The average molecular weight is 839 g/mol. The van der Waals surface area contributed by atoms with Gasteiger partial charge in [0, 0.05) is 48.7 Å². The summed E-state index contributed by atoms with van der Waals surface area (Å²) in [6, 6.07) is 5.67. The number of carbonyl (C=O) groups excluding carboxylic acids is 4. The lowest BCUT2D eigenvalue weighted by Crippen LogP contribution is -2.49. The number of amides is 4. The molecule has 0 unspecified atom stereocenters.